The molecular weight excluding hydrogens is 112 g/mol. The van der Waals surface area contributed by atoms with Crippen LogP contribution < -0.4 is 5.73 Å². The normalized spacial score (nSPS) is 36.0. The van der Waals surface area contributed by atoms with Crippen LogP contribution >= 0.6 is 0 Å². The van der Waals surface area contributed by atoms with E-state index >= 15 is 0 Å². The van der Waals surface area contributed by atoms with E-state index in [1.165, 1.54) is 0 Å². The lowest BCUT2D eigenvalue weighted by Crippen LogP contribution is -2.26. The molecule has 0 amide bonds. The predicted molar refractivity (Wildman–Crippen MR) is 39.4 cm³/mol. The van der Waals surface area contributed by atoms with E-state index in [9.17, 15) is 0 Å². The maximum atomic E-state index is 5.54. The second-order valence-corrected chi connectivity index (χ2v) is 2.99. The topological polar surface area (TPSA) is 38.4 Å². The Morgan fingerprint density at radius 1 is 1.44 bits per heavy atom. The fourth-order valence-electron chi connectivity index (χ4n) is 1.04. The van der Waals surface area contributed by atoms with Gasteiger partial charge in [-0.05, 0) is 11.8 Å². The van der Waals surface area contributed by atoms with Gasteiger partial charge in [0.2, 0.25) is 0 Å². The van der Waals surface area contributed by atoms with Crippen molar-refractivity contribution in [3.05, 3.63) is 0 Å². The van der Waals surface area contributed by atoms with Crippen molar-refractivity contribution in [2.75, 3.05) is 6.54 Å². The second-order valence-electron chi connectivity index (χ2n) is 2.99. The molecule has 0 spiro atoms. The first-order valence-electron chi connectivity index (χ1n) is 3.49. The van der Waals surface area contributed by atoms with Crippen molar-refractivity contribution in [2.24, 2.45) is 22.6 Å². The van der Waals surface area contributed by atoms with Crippen molar-refractivity contribution < 1.29 is 0 Å². The molecule has 1 rings (SSSR count). The number of nitrogens with two attached hydrogens (primary N) is 1. The van der Waals surface area contributed by atoms with Crippen LogP contribution in [0.25, 0.3) is 0 Å². The van der Waals surface area contributed by atoms with Gasteiger partial charge in [-0.1, -0.05) is 13.8 Å². The Labute approximate surface area is 56.2 Å². The fraction of sp³-hybridized carbons (Fsp3) is 0.857. The minimum atomic E-state index is 0.720. The number of hydrogen-bond donors (Lipinski definition) is 1. The molecule has 0 aromatic carbocycles. The van der Waals surface area contributed by atoms with Gasteiger partial charge in [-0.15, -0.1) is 0 Å². The minimum absolute atomic E-state index is 0.720. The first-order valence-corrected chi connectivity index (χ1v) is 3.49. The van der Waals surface area contributed by atoms with Gasteiger partial charge in [-0.3, -0.25) is 4.99 Å². The van der Waals surface area contributed by atoms with E-state index in [0.29, 0.717) is 0 Å². The van der Waals surface area contributed by atoms with Gasteiger partial charge >= 0.3 is 0 Å². The van der Waals surface area contributed by atoms with Crippen LogP contribution in [-0.2, 0) is 0 Å². The van der Waals surface area contributed by atoms with Crippen molar-refractivity contribution in [3.8, 4) is 0 Å². The zero-order valence-electron chi connectivity index (χ0n) is 6.09. The van der Waals surface area contributed by atoms with E-state index in [1.807, 2.05) is 0 Å². The van der Waals surface area contributed by atoms with Crippen molar-refractivity contribution in [1.29, 1.82) is 0 Å². The molecule has 0 radical (unpaired) electrons. The molecule has 2 N–H and O–H groups in total. The molecular formula is C7H14N2. The Morgan fingerprint density at radius 3 is 2.56 bits per heavy atom. The molecule has 0 saturated heterocycles. The van der Waals surface area contributed by atoms with Crippen molar-refractivity contribution >= 4 is 5.84 Å². The van der Waals surface area contributed by atoms with Crippen LogP contribution in [0.2, 0.25) is 0 Å². The van der Waals surface area contributed by atoms with Gasteiger partial charge in [-0.25, -0.2) is 0 Å². The van der Waals surface area contributed by atoms with Crippen LogP contribution in [0.5, 0.6) is 0 Å². The van der Waals surface area contributed by atoms with E-state index in [4.69, 9.17) is 5.73 Å². The average molecular weight is 126 g/mol. The molecule has 0 saturated carbocycles. The monoisotopic (exact) mass is 126 g/mol. The van der Waals surface area contributed by atoms with Crippen LogP contribution in [0.4, 0.5) is 0 Å². The van der Waals surface area contributed by atoms with Crippen LogP contribution in [0, 0.1) is 11.8 Å². The molecule has 2 atom stereocenters. The summed E-state index contributed by atoms with van der Waals surface area (Å²) >= 11 is 0. The first kappa shape index (κ1) is 6.59. The SMILES string of the molecule is CC1CN=C(N)CC1C. The summed E-state index contributed by atoms with van der Waals surface area (Å²) in [6.45, 7) is 5.37. The molecule has 0 aromatic rings. The predicted octanol–water partition coefficient (Wildman–Crippen LogP) is 1.02. The highest BCUT2D eigenvalue weighted by Crippen LogP contribution is 2.18. The van der Waals surface area contributed by atoms with Gasteiger partial charge in [0.05, 0.1) is 5.84 Å². The molecule has 0 aliphatic carbocycles. The lowest BCUT2D eigenvalue weighted by molar-refractivity contribution is 0.391. The Balaban J connectivity index is 2.54. The third-order valence-corrected chi connectivity index (χ3v) is 2.08. The van der Waals surface area contributed by atoms with Crippen molar-refractivity contribution in [2.45, 2.75) is 20.3 Å². The van der Waals surface area contributed by atoms with Crippen LogP contribution in [0.15, 0.2) is 4.99 Å². The van der Waals surface area contributed by atoms with E-state index < -0.39 is 0 Å². The molecule has 0 fully saturated rings. The molecule has 2 heteroatoms. The Kier molecular flexibility index (Phi) is 1.74. The lowest BCUT2D eigenvalue weighted by Gasteiger charge is -2.22. The van der Waals surface area contributed by atoms with Crippen molar-refractivity contribution in [3.63, 3.8) is 0 Å². The summed E-state index contributed by atoms with van der Waals surface area (Å²) < 4.78 is 0. The van der Waals surface area contributed by atoms with Crippen molar-refractivity contribution in [1.82, 2.24) is 0 Å². The number of aliphatic imine (C=N–C) groups is 1. The second kappa shape index (κ2) is 2.38. The summed E-state index contributed by atoms with van der Waals surface area (Å²) in [5, 5.41) is 0. The number of nitrogens with zero attached hydrogens (tertiary/aromatic N) is 1. The summed E-state index contributed by atoms with van der Waals surface area (Å²) in [4.78, 5) is 4.16. The minimum Gasteiger partial charge on any atom is -0.387 e. The molecule has 2 unspecified atom stereocenters. The molecule has 0 aromatic heterocycles. The van der Waals surface area contributed by atoms with Gasteiger partial charge in [0.1, 0.15) is 0 Å². The molecule has 9 heavy (non-hydrogen) atoms. The Hall–Kier alpha value is -0.530. The van der Waals surface area contributed by atoms with Crippen LogP contribution in [0.3, 0.4) is 0 Å². The molecule has 52 valence electrons. The van der Waals surface area contributed by atoms with E-state index in [0.717, 1.165) is 30.6 Å². The zero-order chi connectivity index (χ0) is 6.85. The maximum absolute atomic E-state index is 5.54. The Morgan fingerprint density at radius 2 is 2.11 bits per heavy atom. The summed E-state index contributed by atoms with van der Waals surface area (Å²) in [6, 6.07) is 0. The van der Waals surface area contributed by atoms with Gasteiger partial charge in [0, 0.05) is 13.0 Å². The largest absolute Gasteiger partial charge is 0.387 e. The summed E-state index contributed by atoms with van der Waals surface area (Å²) in [5.41, 5.74) is 5.54. The van der Waals surface area contributed by atoms with Gasteiger partial charge < -0.3 is 5.73 Å². The number of hydrogen-bond acceptors (Lipinski definition) is 2. The van der Waals surface area contributed by atoms with Gasteiger partial charge in [0.15, 0.2) is 0 Å². The zero-order valence-corrected chi connectivity index (χ0v) is 6.09. The van der Waals surface area contributed by atoms with Crippen LogP contribution in [0.1, 0.15) is 20.3 Å². The van der Waals surface area contributed by atoms with E-state index in [2.05, 4.69) is 18.8 Å². The van der Waals surface area contributed by atoms with E-state index in [1.54, 1.807) is 0 Å². The smallest absolute Gasteiger partial charge is 0.0939 e. The van der Waals surface area contributed by atoms with Gasteiger partial charge in [-0.2, -0.15) is 0 Å². The average Bonchev–Trinajstić information content (AvgIpc) is 1.80. The number of amidine groups is 1. The molecule has 2 nitrogen and oxygen atoms in total. The molecule has 1 heterocycles. The standard InChI is InChI=1S/C7H14N2/c1-5-3-7(8)9-4-6(5)2/h5-6H,3-4H2,1-2H3,(H2,8,9). The third-order valence-electron chi connectivity index (χ3n) is 2.08. The fourth-order valence-corrected chi connectivity index (χ4v) is 1.04. The number of rotatable bonds is 0. The van der Waals surface area contributed by atoms with Gasteiger partial charge in [0.25, 0.3) is 0 Å². The van der Waals surface area contributed by atoms with E-state index in [-0.39, 0.29) is 0 Å². The highest BCUT2D eigenvalue weighted by Gasteiger charge is 2.16. The molecule has 1 aliphatic heterocycles. The molecule has 1 aliphatic rings. The maximum Gasteiger partial charge on any atom is 0.0939 e. The quantitative estimate of drug-likeness (QED) is 0.517. The summed E-state index contributed by atoms with van der Waals surface area (Å²) in [6.07, 6.45) is 0.987. The third kappa shape index (κ3) is 1.44. The lowest BCUT2D eigenvalue weighted by atomic mass is 9.90. The van der Waals surface area contributed by atoms with Crippen LogP contribution in [-0.4, -0.2) is 12.4 Å². The first-order chi connectivity index (χ1) is 4.20. The highest BCUT2D eigenvalue weighted by atomic mass is 14.9. The molecule has 0 bridgehead atoms. The summed E-state index contributed by atoms with van der Waals surface area (Å²) in [7, 11) is 0. The summed E-state index contributed by atoms with van der Waals surface area (Å²) in [5.74, 6) is 2.28. The highest BCUT2D eigenvalue weighted by molar-refractivity contribution is 5.81. The Bertz CT molecular complexity index is 129.